The van der Waals surface area contributed by atoms with Crippen LogP contribution in [0.15, 0.2) is 41.8 Å². The highest BCUT2D eigenvalue weighted by Crippen LogP contribution is 2.26. The normalized spacial score (nSPS) is 12.4. The third-order valence-electron chi connectivity index (χ3n) is 2.92. The van der Waals surface area contributed by atoms with E-state index in [1.165, 1.54) is 11.3 Å². The number of hydrogen-bond donors (Lipinski definition) is 2. The first-order chi connectivity index (χ1) is 9.65. The summed E-state index contributed by atoms with van der Waals surface area (Å²) in [6.07, 6.45) is 0. The average Bonchev–Trinajstić information content (AvgIpc) is 2.95. The van der Waals surface area contributed by atoms with Gasteiger partial charge in [-0.25, -0.2) is 9.97 Å². The number of nitrogens with zero attached hydrogens (tertiary/aromatic N) is 2. The Balaban J connectivity index is 2.01. The van der Waals surface area contributed by atoms with E-state index in [-0.39, 0.29) is 0 Å². The summed E-state index contributed by atoms with van der Waals surface area (Å²) in [5, 5.41) is 12.3. The fourth-order valence-electron chi connectivity index (χ4n) is 1.86. The van der Waals surface area contributed by atoms with Gasteiger partial charge in [-0.1, -0.05) is 24.3 Å². The minimum absolute atomic E-state index is 0.354. The van der Waals surface area contributed by atoms with Crippen LogP contribution in [-0.4, -0.2) is 21.0 Å². The molecule has 0 amide bonds. The molecule has 2 aromatic heterocycles. The second kappa shape index (κ2) is 4.99. The Morgan fingerprint density at radius 2 is 2.00 bits per heavy atom. The number of aromatic nitrogens is 2. The molecule has 1 aromatic carbocycles. The predicted octanol–water partition coefficient (Wildman–Crippen LogP) is 2.44. The quantitative estimate of drug-likeness (QED) is 0.771. The largest absolute Gasteiger partial charge is 0.480 e. The second-order valence-electron chi connectivity index (χ2n) is 4.28. The van der Waals surface area contributed by atoms with Gasteiger partial charge in [-0.2, -0.15) is 0 Å². The molecule has 0 bridgehead atoms. The molecular formula is C14H11N3O2S. The van der Waals surface area contributed by atoms with E-state index in [0.29, 0.717) is 10.7 Å². The molecule has 0 aliphatic heterocycles. The highest BCUT2D eigenvalue weighted by Gasteiger charge is 2.18. The molecule has 0 saturated carbocycles. The molecule has 0 aliphatic carbocycles. The molecule has 3 aromatic rings. The number of pyridine rings is 1. The van der Waals surface area contributed by atoms with E-state index >= 15 is 0 Å². The molecule has 1 atom stereocenters. The zero-order valence-corrected chi connectivity index (χ0v) is 11.2. The lowest BCUT2D eigenvalue weighted by atomic mass is 10.2. The smallest absolute Gasteiger partial charge is 0.326 e. The highest BCUT2D eigenvalue weighted by atomic mass is 32.1. The number of carboxylic acid groups (broad SMARTS) is 1. The Hall–Kier alpha value is -2.31. The van der Waals surface area contributed by atoms with Crippen LogP contribution in [0.4, 0.5) is 0 Å². The van der Waals surface area contributed by atoms with Crippen molar-refractivity contribution >= 4 is 28.2 Å². The summed E-state index contributed by atoms with van der Waals surface area (Å²) in [6, 6.07) is 10.5. The number of thiazole rings is 1. The van der Waals surface area contributed by atoms with Crippen LogP contribution in [0.1, 0.15) is 11.7 Å². The topological polar surface area (TPSA) is 89.1 Å². The third-order valence-corrected chi connectivity index (χ3v) is 3.81. The average molecular weight is 285 g/mol. The predicted molar refractivity (Wildman–Crippen MR) is 77.4 cm³/mol. The lowest BCUT2D eigenvalue weighted by Crippen LogP contribution is -2.20. The summed E-state index contributed by atoms with van der Waals surface area (Å²) >= 11 is 1.34. The molecule has 0 fully saturated rings. The molecule has 0 aliphatic rings. The molecule has 0 radical (unpaired) electrons. The number of fused-ring (bicyclic) bond motifs is 1. The van der Waals surface area contributed by atoms with Gasteiger partial charge in [0.1, 0.15) is 11.0 Å². The number of benzene rings is 1. The van der Waals surface area contributed by atoms with Crippen LogP contribution in [-0.2, 0) is 4.79 Å². The SMILES string of the molecule is NC(C(=O)O)c1csc(-c2ccc3ccccc3n2)n1. The summed E-state index contributed by atoms with van der Waals surface area (Å²) in [5.74, 6) is -1.09. The fraction of sp³-hybridized carbons (Fsp3) is 0.0714. The van der Waals surface area contributed by atoms with Gasteiger partial charge in [0.25, 0.3) is 0 Å². The van der Waals surface area contributed by atoms with Crippen molar-refractivity contribution in [2.24, 2.45) is 5.73 Å². The lowest BCUT2D eigenvalue weighted by molar-refractivity contribution is -0.138. The van der Waals surface area contributed by atoms with E-state index in [2.05, 4.69) is 9.97 Å². The molecule has 0 spiro atoms. The molecule has 20 heavy (non-hydrogen) atoms. The Morgan fingerprint density at radius 1 is 1.20 bits per heavy atom. The third kappa shape index (κ3) is 2.26. The number of para-hydroxylation sites is 1. The van der Waals surface area contributed by atoms with Gasteiger partial charge >= 0.3 is 5.97 Å². The maximum atomic E-state index is 10.8. The van der Waals surface area contributed by atoms with Crippen molar-refractivity contribution in [1.82, 2.24) is 9.97 Å². The van der Waals surface area contributed by atoms with Crippen LogP contribution >= 0.6 is 11.3 Å². The van der Waals surface area contributed by atoms with Gasteiger partial charge in [0.15, 0.2) is 0 Å². The van der Waals surface area contributed by atoms with E-state index < -0.39 is 12.0 Å². The highest BCUT2D eigenvalue weighted by molar-refractivity contribution is 7.13. The van der Waals surface area contributed by atoms with E-state index in [4.69, 9.17) is 10.8 Å². The van der Waals surface area contributed by atoms with Crippen LogP contribution in [0, 0.1) is 0 Å². The van der Waals surface area contributed by atoms with Gasteiger partial charge in [-0.3, -0.25) is 4.79 Å². The van der Waals surface area contributed by atoms with Gasteiger partial charge in [0, 0.05) is 10.8 Å². The molecule has 0 saturated heterocycles. The monoisotopic (exact) mass is 285 g/mol. The van der Waals surface area contributed by atoms with Gasteiger partial charge in [-0.15, -0.1) is 11.3 Å². The molecule has 3 rings (SSSR count). The summed E-state index contributed by atoms with van der Waals surface area (Å²) in [4.78, 5) is 19.6. The number of nitrogens with two attached hydrogens (primary N) is 1. The van der Waals surface area contributed by atoms with Crippen molar-refractivity contribution in [3.05, 3.63) is 47.5 Å². The minimum atomic E-state index is -1.10. The molecule has 3 N–H and O–H groups in total. The van der Waals surface area contributed by atoms with Crippen molar-refractivity contribution in [2.45, 2.75) is 6.04 Å². The lowest BCUT2D eigenvalue weighted by Gasteiger charge is -2.01. The van der Waals surface area contributed by atoms with Crippen molar-refractivity contribution in [1.29, 1.82) is 0 Å². The molecule has 2 heterocycles. The number of rotatable bonds is 3. The van der Waals surface area contributed by atoms with Crippen LogP contribution in [0.2, 0.25) is 0 Å². The van der Waals surface area contributed by atoms with E-state index in [9.17, 15) is 4.79 Å². The van der Waals surface area contributed by atoms with Crippen LogP contribution in [0.3, 0.4) is 0 Å². The summed E-state index contributed by atoms with van der Waals surface area (Å²) in [7, 11) is 0. The molecule has 100 valence electrons. The first-order valence-corrected chi connectivity index (χ1v) is 6.83. The Labute approximate surface area is 118 Å². The van der Waals surface area contributed by atoms with Gasteiger partial charge in [0.05, 0.1) is 16.9 Å². The van der Waals surface area contributed by atoms with Gasteiger partial charge in [-0.05, 0) is 12.1 Å². The van der Waals surface area contributed by atoms with E-state index in [1.54, 1.807) is 5.38 Å². The van der Waals surface area contributed by atoms with Crippen LogP contribution in [0.5, 0.6) is 0 Å². The summed E-state index contributed by atoms with van der Waals surface area (Å²) in [5.41, 5.74) is 7.50. The number of carbonyl (C=O) groups is 1. The first kappa shape index (κ1) is 12.7. The molecule has 5 nitrogen and oxygen atoms in total. The van der Waals surface area contributed by atoms with Crippen LogP contribution in [0.25, 0.3) is 21.6 Å². The summed E-state index contributed by atoms with van der Waals surface area (Å²) in [6.45, 7) is 0. The molecule has 6 heteroatoms. The minimum Gasteiger partial charge on any atom is -0.480 e. The number of hydrogen-bond acceptors (Lipinski definition) is 5. The maximum Gasteiger partial charge on any atom is 0.326 e. The molecule has 1 unspecified atom stereocenters. The van der Waals surface area contributed by atoms with Gasteiger partial charge in [0.2, 0.25) is 0 Å². The van der Waals surface area contributed by atoms with Crippen molar-refractivity contribution in [2.75, 3.05) is 0 Å². The Kier molecular flexibility index (Phi) is 3.17. The Bertz CT molecular complexity index is 785. The maximum absolute atomic E-state index is 10.8. The zero-order valence-electron chi connectivity index (χ0n) is 10.4. The van der Waals surface area contributed by atoms with E-state index in [0.717, 1.165) is 16.6 Å². The second-order valence-corrected chi connectivity index (χ2v) is 5.14. The molecular weight excluding hydrogens is 274 g/mol. The van der Waals surface area contributed by atoms with Gasteiger partial charge < -0.3 is 10.8 Å². The fourth-order valence-corrected chi connectivity index (χ4v) is 2.68. The Morgan fingerprint density at radius 3 is 2.80 bits per heavy atom. The van der Waals surface area contributed by atoms with Crippen molar-refractivity contribution in [3.63, 3.8) is 0 Å². The van der Waals surface area contributed by atoms with Crippen molar-refractivity contribution < 1.29 is 9.90 Å². The van der Waals surface area contributed by atoms with Crippen molar-refractivity contribution in [3.8, 4) is 10.7 Å². The van der Waals surface area contributed by atoms with Crippen LogP contribution < -0.4 is 5.73 Å². The number of carboxylic acids is 1. The standard InChI is InChI=1S/C14H11N3O2S/c15-12(14(18)19)11-7-20-13(17-11)10-6-5-8-3-1-2-4-9(8)16-10/h1-7,12H,15H2,(H,18,19). The summed E-state index contributed by atoms with van der Waals surface area (Å²) < 4.78 is 0. The number of aliphatic carboxylic acids is 1. The van der Waals surface area contributed by atoms with E-state index in [1.807, 2.05) is 36.4 Å². The first-order valence-electron chi connectivity index (χ1n) is 5.95. The zero-order chi connectivity index (χ0) is 14.1.